The molecule has 1 heterocycles. The van der Waals surface area contributed by atoms with Crippen LogP contribution in [0.2, 0.25) is 0 Å². The van der Waals surface area contributed by atoms with E-state index in [9.17, 15) is 4.79 Å². The second-order valence-electron chi connectivity index (χ2n) is 5.52. The summed E-state index contributed by atoms with van der Waals surface area (Å²) in [6.07, 6.45) is 3.38. The summed E-state index contributed by atoms with van der Waals surface area (Å²) in [6.45, 7) is 9.83. The standard InChI is InChI=1S/C14H29N3O/c1-4-7-16-9-12(2)10-17-8-5-6-13(11-17)14(18)15-3/h12-13,16H,4-11H2,1-3H3,(H,15,18). The maximum atomic E-state index is 11.7. The van der Waals surface area contributed by atoms with Crippen molar-refractivity contribution < 1.29 is 4.79 Å². The number of piperidine rings is 1. The lowest BCUT2D eigenvalue weighted by atomic mass is 9.96. The van der Waals surface area contributed by atoms with E-state index in [1.807, 2.05) is 0 Å². The Bertz CT molecular complexity index is 245. The SMILES string of the molecule is CCCNCC(C)CN1CCCC(C(=O)NC)C1. The molecule has 0 aromatic heterocycles. The summed E-state index contributed by atoms with van der Waals surface area (Å²) in [5, 5.41) is 6.24. The molecule has 0 aromatic carbocycles. The molecule has 0 spiro atoms. The van der Waals surface area contributed by atoms with Crippen LogP contribution >= 0.6 is 0 Å². The van der Waals surface area contributed by atoms with Gasteiger partial charge in [0.05, 0.1) is 5.92 Å². The van der Waals surface area contributed by atoms with Gasteiger partial charge in [-0.25, -0.2) is 0 Å². The van der Waals surface area contributed by atoms with Gasteiger partial charge in [-0.05, 0) is 44.8 Å². The van der Waals surface area contributed by atoms with Crippen molar-refractivity contribution in [2.45, 2.75) is 33.1 Å². The highest BCUT2D eigenvalue weighted by Crippen LogP contribution is 2.17. The Balaban J connectivity index is 2.26. The molecule has 106 valence electrons. The van der Waals surface area contributed by atoms with Gasteiger partial charge in [-0.2, -0.15) is 0 Å². The molecule has 1 aliphatic rings. The molecule has 0 saturated carbocycles. The van der Waals surface area contributed by atoms with Gasteiger partial charge in [0, 0.05) is 20.1 Å². The number of amides is 1. The van der Waals surface area contributed by atoms with Crippen molar-refractivity contribution in [3.63, 3.8) is 0 Å². The second-order valence-corrected chi connectivity index (χ2v) is 5.52. The average molecular weight is 255 g/mol. The summed E-state index contributed by atoms with van der Waals surface area (Å²) < 4.78 is 0. The normalized spacial score (nSPS) is 22.7. The lowest BCUT2D eigenvalue weighted by Gasteiger charge is -2.33. The van der Waals surface area contributed by atoms with Gasteiger partial charge in [0.1, 0.15) is 0 Å². The smallest absolute Gasteiger partial charge is 0.224 e. The van der Waals surface area contributed by atoms with Crippen molar-refractivity contribution in [2.24, 2.45) is 11.8 Å². The van der Waals surface area contributed by atoms with Gasteiger partial charge < -0.3 is 15.5 Å². The predicted octanol–water partition coefficient (Wildman–Crippen LogP) is 1.08. The van der Waals surface area contributed by atoms with E-state index in [0.29, 0.717) is 5.92 Å². The zero-order valence-electron chi connectivity index (χ0n) is 12.2. The largest absolute Gasteiger partial charge is 0.359 e. The van der Waals surface area contributed by atoms with Crippen LogP contribution in [-0.2, 0) is 4.79 Å². The minimum Gasteiger partial charge on any atom is -0.359 e. The Kier molecular flexibility index (Phi) is 7.28. The molecule has 18 heavy (non-hydrogen) atoms. The van der Waals surface area contributed by atoms with Gasteiger partial charge in [-0.15, -0.1) is 0 Å². The maximum absolute atomic E-state index is 11.7. The second kappa shape index (κ2) is 8.48. The van der Waals surface area contributed by atoms with E-state index in [4.69, 9.17) is 0 Å². The average Bonchev–Trinajstić information content (AvgIpc) is 2.38. The number of nitrogens with one attached hydrogen (secondary N) is 2. The van der Waals surface area contributed by atoms with Crippen molar-refractivity contribution in [3.05, 3.63) is 0 Å². The Morgan fingerprint density at radius 2 is 2.28 bits per heavy atom. The van der Waals surface area contributed by atoms with Crippen molar-refractivity contribution >= 4 is 5.91 Å². The van der Waals surface area contributed by atoms with Gasteiger partial charge in [0.25, 0.3) is 0 Å². The van der Waals surface area contributed by atoms with Crippen LogP contribution < -0.4 is 10.6 Å². The Hall–Kier alpha value is -0.610. The number of likely N-dealkylation sites (tertiary alicyclic amines) is 1. The van der Waals surface area contributed by atoms with Crippen LogP contribution in [0.3, 0.4) is 0 Å². The maximum Gasteiger partial charge on any atom is 0.224 e. The molecule has 1 saturated heterocycles. The summed E-state index contributed by atoms with van der Waals surface area (Å²) in [5.41, 5.74) is 0. The summed E-state index contributed by atoms with van der Waals surface area (Å²) in [7, 11) is 1.73. The first-order valence-electron chi connectivity index (χ1n) is 7.32. The zero-order chi connectivity index (χ0) is 13.4. The lowest BCUT2D eigenvalue weighted by Crippen LogP contribution is -2.44. The third-order valence-electron chi connectivity index (χ3n) is 3.61. The Morgan fingerprint density at radius 1 is 1.50 bits per heavy atom. The van der Waals surface area contributed by atoms with E-state index in [0.717, 1.165) is 45.6 Å². The van der Waals surface area contributed by atoms with E-state index >= 15 is 0 Å². The number of hydrogen-bond acceptors (Lipinski definition) is 3. The first-order chi connectivity index (χ1) is 8.67. The molecule has 1 amide bonds. The van der Waals surface area contributed by atoms with Gasteiger partial charge in [0.2, 0.25) is 5.91 Å². The van der Waals surface area contributed by atoms with E-state index < -0.39 is 0 Å². The van der Waals surface area contributed by atoms with Crippen LogP contribution in [0.5, 0.6) is 0 Å². The van der Waals surface area contributed by atoms with E-state index in [-0.39, 0.29) is 11.8 Å². The molecule has 4 heteroatoms. The minimum atomic E-state index is 0.194. The van der Waals surface area contributed by atoms with Gasteiger partial charge in [-0.3, -0.25) is 4.79 Å². The summed E-state index contributed by atoms with van der Waals surface area (Å²) >= 11 is 0. The topological polar surface area (TPSA) is 44.4 Å². The first-order valence-corrected chi connectivity index (χ1v) is 7.32. The number of nitrogens with zero attached hydrogens (tertiary/aromatic N) is 1. The predicted molar refractivity (Wildman–Crippen MR) is 75.6 cm³/mol. The number of carbonyl (C=O) groups excluding carboxylic acids is 1. The van der Waals surface area contributed by atoms with Crippen molar-refractivity contribution in [3.8, 4) is 0 Å². The zero-order valence-corrected chi connectivity index (χ0v) is 12.2. The number of rotatable bonds is 7. The minimum absolute atomic E-state index is 0.194. The monoisotopic (exact) mass is 255 g/mol. The van der Waals surface area contributed by atoms with Gasteiger partial charge in [0.15, 0.2) is 0 Å². The lowest BCUT2D eigenvalue weighted by molar-refractivity contribution is -0.126. The molecule has 1 aliphatic heterocycles. The molecular formula is C14H29N3O. The van der Waals surface area contributed by atoms with E-state index in [2.05, 4.69) is 29.4 Å². The molecule has 2 unspecified atom stereocenters. The molecule has 0 aliphatic carbocycles. The Morgan fingerprint density at radius 3 is 2.94 bits per heavy atom. The number of carbonyl (C=O) groups is 1. The third kappa shape index (κ3) is 5.36. The molecule has 0 aromatic rings. The highest BCUT2D eigenvalue weighted by Gasteiger charge is 2.25. The van der Waals surface area contributed by atoms with Crippen LogP contribution in [0, 0.1) is 11.8 Å². The highest BCUT2D eigenvalue weighted by molar-refractivity contribution is 5.78. The molecule has 2 atom stereocenters. The summed E-state index contributed by atoms with van der Waals surface area (Å²) in [4.78, 5) is 14.1. The van der Waals surface area contributed by atoms with Crippen molar-refractivity contribution in [1.29, 1.82) is 0 Å². The summed E-state index contributed by atoms with van der Waals surface area (Å²) in [5.74, 6) is 1.05. The molecule has 0 bridgehead atoms. The number of hydrogen-bond donors (Lipinski definition) is 2. The van der Waals surface area contributed by atoms with Crippen LogP contribution in [0.15, 0.2) is 0 Å². The molecule has 1 fully saturated rings. The molecular weight excluding hydrogens is 226 g/mol. The van der Waals surface area contributed by atoms with Gasteiger partial charge >= 0.3 is 0 Å². The summed E-state index contributed by atoms with van der Waals surface area (Å²) in [6, 6.07) is 0. The Labute approximate surface area is 111 Å². The fraction of sp³-hybridized carbons (Fsp3) is 0.929. The quantitative estimate of drug-likeness (QED) is 0.669. The van der Waals surface area contributed by atoms with E-state index in [1.54, 1.807) is 7.05 Å². The van der Waals surface area contributed by atoms with Crippen LogP contribution in [0.1, 0.15) is 33.1 Å². The fourth-order valence-corrected chi connectivity index (χ4v) is 2.67. The third-order valence-corrected chi connectivity index (χ3v) is 3.61. The first kappa shape index (κ1) is 15.4. The van der Waals surface area contributed by atoms with Crippen LogP contribution in [0.25, 0.3) is 0 Å². The highest BCUT2D eigenvalue weighted by atomic mass is 16.1. The fourth-order valence-electron chi connectivity index (χ4n) is 2.67. The van der Waals surface area contributed by atoms with Crippen LogP contribution in [0.4, 0.5) is 0 Å². The molecule has 4 nitrogen and oxygen atoms in total. The molecule has 2 N–H and O–H groups in total. The molecule has 0 radical (unpaired) electrons. The molecule has 1 rings (SSSR count). The van der Waals surface area contributed by atoms with Gasteiger partial charge in [-0.1, -0.05) is 13.8 Å². The van der Waals surface area contributed by atoms with Crippen LogP contribution in [-0.4, -0.2) is 50.6 Å². The van der Waals surface area contributed by atoms with E-state index in [1.165, 1.54) is 6.42 Å². The van der Waals surface area contributed by atoms with Crippen molar-refractivity contribution in [2.75, 3.05) is 39.8 Å². The van der Waals surface area contributed by atoms with Crippen molar-refractivity contribution in [1.82, 2.24) is 15.5 Å².